The number of phenolic OH excluding ortho intramolecular Hbond substituents is 1. The first kappa shape index (κ1) is 15.8. The number of hydrogen-bond donors (Lipinski definition) is 1. The summed E-state index contributed by atoms with van der Waals surface area (Å²) >= 11 is 6.70. The van der Waals surface area contributed by atoms with Gasteiger partial charge >= 0.3 is 0 Å². The molecule has 0 bridgehead atoms. The van der Waals surface area contributed by atoms with Crippen molar-refractivity contribution in [3.05, 3.63) is 64.1 Å². The van der Waals surface area contributed by atoms with Crippen LogP contribution in [0.2, 0.25) is 0 Å². The summed E-state index contributed by atoms with van der Waals surface area (Å²) in [6.45, 7) is 4.01. The fourth-order valence-corrected chi connectivity index (χ4v) is 3.66. The van der Waals surface area contributed by atoms with Crippen molar-refractivity contribution >= 4 is 46.0 Å². The first-order chi connectivity index (χ1) is 11.0. The molecule has 116 valence electrons. The minimum absolute atomic E-state index is 0.109. The average Bonchev–Trinajstić information content (AvgIpc) is 2.79. The van der Waals surface area contributed by atoms with E-state index in [0.29, 0.717) is 9.23 Å². The van der Waals surface area contributed by atoms with Gasteiger partial charge in [-0.1, -0.05) is 48.2 Å². The second-order valence-corrected chi connectivity index (χ2v) is 7.00. The fraction of sp³-hybridized carbons (Fsp3) is 0.111. The highest BCUT2D eigenvalue weighted by atomic mass is 32.2. The first-order valence-corrected chi connectivity index (χ1v) is 8.33. The summed E-state index contributed by atoms with van der Waals surface area (Å²) in [5.74, 6) is 0.0897. The Kier molecular flexibility index (Phi) is 4.24. The summed E-state index contributed by atoms with van der Waals surface area (Å²) in [6.07, 6.45) is 1.80. The minimum atomic E-state index is -0.109. The lowest BCUT2D eigenvalue weighted by Crippen LogP contribution is -2.28. The number of carbonyl (C=O) groups is 1. The maximum absolute atomic E-state index is 12.8. The molecule has 1 N–H and O–H groups in total. The Morgan fingerprint density at radius 2 is 1.83 bits per heavy atom. The second-order valence-electron chi connectivity index (χ2n) is 5.33. The van der Waals surface area contributed by atoms with Gasteiger partial charge in [0.2, 0.25) is 0 Å². The van der Waals surface area contributed by atoms with E-state index in [9.17, 15) is 9.90 Å². The quantitative estimate of drug-likeness (QED) is 0.649. The number of thioether (sulfide) groups is 1. The summed E-state index contributed by atoms with van der Waals surface area (Å²) in [7, 11) is 0. The van der Waals surface area contributed by atoms with Crippen molar-refractivity contribution in [3.8, 4) is 5.75 Å². The molecule has 2 aromatic rings. The van der Waals surface area contributed by atoms with E-state index in [4.69, 9.17) is 12.2 Å². The SMILES string of the molecule is Cc1cccc(N2C(=O)/C(=C\c3ccc(O)cc3)SC2=S)c1C. The Balaban J connectivity index is 1.97. The lowest BCUT2D eigenvalue weighted by atomic mass is 10.1. The summed E-state index contributed by atoms with van der Waals surface area (Å²) in [5.41, 5.74) is 3.86. The van der Waals surface area contributed by atoms with Gasteiger partial charge in [0, 0.05) is 0 Å². The van der Waals surface area contributed by atoms with Crippen molar-refractivity contribution in [2.45, 2.75) is 13.8 Å². The Morgan fingerprint density at radius 3 is 2.52 bits per heavy atom. The van der Waals surface area contributed by atoms with Gasteiger partial charge in [0.15, 0.2) is 4.32 Å². The van der Waals surface area contributed by atoms with Gasteiger partial charge in [-0.2, -0.15) is 0 Å². The number of phenols is 1. The van der Waals surface area contributed by atoms with E-state index in [0.717, 1.165) is 22.4 Å². The molecular formula is C18H15NO2S2. The van der Waals surface area contributed by atoms with Crippen molar-refractivity contribution in [3.63, 3.8) is 0 Å². The molecule has 23 heavy (non-hydrogen) atoms. The standard InChI is InChI=1S/C18H15NO2S2/c1-11-4-3-5-15(12(11)2)19-17(21)16(23-18(19)22)10-13-6-8-14(20)9-7-13/h3-10,20H,1-2H3/b16-10+. The number of carbonyl (C=O) groups excluding carboxylic acids is 1. The molecule has 0 saturated carbocycles. The van der Waals surface area contributed by atoms with Crippen LogP contribution in [-0.2, 0) is 4.79 Å². The molecule has 0 unspecified atom stereocenters. The number of aromatic hydroxyl groups is 1. The van der Waals surface area contributed by atoms with Crippen LogP contribution in [0, 0.1) is 13.8 Å². The van der Waals surface area contributed by atoms with Crippen LogP contribution < -0.4 is 4.90 Å². The van der Waals surface area contributed by atoms with E-state index >= 15 is 0 Å². The third-order valence-corrected chi connectivity index (χ3v) is 5.10. The molecule has 0 atom stereocenters. The summed E-state index contributed by atoms with van der Waals surface area (Å²) in [5, 5.41) is 9.34. The van der Waals surface area contributed by atoms with Gasteiger partial charge in [0.05, 0.1) is 10.6 Å². The highest BCUT2D eigenvalue weighted by Crippen LogP contribution is 2.37. The lowest BCUT2D eigenvalue weighted by Gasteiger charge is -2.18. The van der Waals surface area contributed by atoms with Crippen LogP contribution >= 0.6 is 24.0 Å². The number of thiocarbonyl (C=S) groups is 1. The molecule has 1 fully saturated rings. The van der Waals surface area contributed by atoms with Crippen molar-refractivity contribution in [1.82, 2.24) is 0 Å². The van der Waals surface area contributed by atoms with E-state index in [1.807, 2.05) is 32.0 Å². The topological polar surface area (TPSA) is 40.5 Å². The Morgan fingerprint density at radius 1 is 1.13 bits per heavy atom. The number of rotatable bonds is 2. The molecule has 1 aliphatic heterocycles. The Hall–Kier alpha value is -2.11. The number of benzene rings is 2. The van der Waals surface area contributed by atoms with Gasteiger partial charge in [-0.25, -0.2) is 0 Å². The van der Waals surface area contributed by atoms with Crippen molar-refractivity contribution in [2.75, 3.05) is 4.90 Å². The Bertz CT molecular complexity index is 825. The van der Waals surface area contributed by atoms with Gasteiger partial charge in [0.1, 0.15) is 5.75 Å². The van der Waals surface area contributed by atoms with Crippen LogP contribution in [-0.4, -0.2) is 15.3 Å². The molecule has 0 spiro atoms. The maximum atomic E-state index is 12.8. The van der Waals surface area contributed by atoms with E-state index in [1.165, 1.54) is 11.8 Å². The third kappa shape index (κ3) is 3.02. The second kappa shape index (κ2) is 6.18. The number of aryl methyl sites for hydroxylation is 1. The van der Waals surface area contributed by atoms with Gasteiger partial charge in [0.25, 0.3) is 5.91 Å². The Labute approximate surface area is 144 Å². The number of nitrogens with zero attached hydrogens (tertiary/aromatic N) is 1. The number of amides is 1. The highest BCUT2D eigenvalue weighted by Gasteiger charge is 2.34. The number of anilines is 1. The minimum Gasteiger partial charge on any atom is -0.508 e. The van der Waals surface area contributed by atoms with Crippen molar-refractivity contribution in [2.24, 2.45) is 0 Å². The molecule has 1 heterocycles. The van der Waals surface area contributed by atoms with Crippen LogP contribution in [0.1, 0.15) is 16.7 Å². The third-order valence-electron chi connectivity index (χ3n) is 3.80. The van der Waals surface area contributed by atoms with Gasteiger partial charge in [-0.15, -0.1) is 0 Å². The number of hydrogen-bond acceptors (Lipinski definition) is 4. The molecule has 0 radical (unpaired) electrons. The largest absolute Gasteiger partial charge is 0.508 e. The summed E-state index contributed by atoms with van der Waals surface area (Å²) in [4.78, 5) is 14.9. The predicted molar refractivity (Wildman–Crippen MR) is 99.7 cm³/mol. The van der Waals surface area contributed by atoms with Crippen LogP contribution in [0.25, 0.3) is 6.08 Å². The van der Waals surface area contributed by atoms with Crippen LogP contribution in [0.15, 0.2) is 47.4 Å². The van der Waals surface area contributed by atoms with E-state index in [-0.39, 0.29) is 11.7 Å². The normalized spacial score (nSPS) is 16.4. The molecule has 3 nitrogen and oxygen atoms in total. The van der Waals surface area contributed by atoms with E-state index in [2.05, 4.69) is 0 Å². The van der Waals surface area contributed by atoms with Crippen molar-refractivity contribution < 1.29 is 9.90 Å². The van der Waals surface area contributed by atoms with Gasteiger partial charge < -0.3 is 5.11 Å². The monoisotopic (exact) mass is 341 g/mol. The average molecular weight is 341 g/mol. The van der Waals surface area contributed by atoms with Crippen LogP contribution in [0.3, 0.4) is 0 Å². The van der Waals surface area contributed by atoms with Gasteiger partial charge in [-0.3, -0.25) is 9.69 Å². The molecule has 1 aliphatic rings. The van der Waals surface area contributed by atoms with E-state index in [1.54, 1.807) is 35.2 Å². The molecule has 1 saturated heterocycles. The molecule has 0 aliphatic carbocycles. The van der Waals surface area contributed by atoms with Crippen LogP contribution in [0.5, 0.6) is 5.75 Å². The lowest BCUT2D eigenvalue weighted by molar-refractivity contribution is -0.113. The first-order valence-electron chi connectivity index (χ1n) is 7.10. The molecule has 5 heteroatoms. The molecule has 0 aromatic heterocycles. The zero-order valence-electron chi connectivity index (χ0n) is 12.7. The van der Waals surface area contributed by atoms with Gasteiger partial charge in [-0.05, 0) is 54.8 Å². The molecular weight excluding hydrogens is 326 g/mol. The molecule has 3 rings (SSSR count). The summed E-state index contributed by atoms with van der Waals surface area (Å²) in [6, 6.07) is 12.6. The smallest absolute Gasteiger partial charge is 0.270 e. The van der Waals surface area contributed by atoms with Crippen LogP contribution in [0.4, 0.5) is 5.69 Å². The van der Waals surface area contributed by atoms with Crippen molar-refractivity contribution in [1.29, 1.82) is 0 Å². The highest BCUT2D eigenvalue weighted by molar-refractivity contribution is 8.27. The summed E-state index contributed by atoms with van der Waals surface area (Å²) < 4.78 is 0.536. The zero-order chi connectivity index (χ0) is 16.6. The maximum Gasteiger partial charge on any atom is 0.270 e. The predicted octanol–water partition coefficient (Wildman–Crippen LogP) is 4.41. The fourth-order valence-electron chi connectivity index (χ4n) is 2.38. The molecule has 2 aromatic carbocycles. The zero-order valence-corrected chi connectivity index (χ0v) is 14.4. The molecule has 1 amide bonds. The van der Waals surface area contributed by atoms with E-state index < -0.39 is 0 Å².